The minimum Gasteiger partial charge on any atom is -0.325 e. The van der Waals surface area contributed by atoms with Crippen molar-refractivity contribution in [3.05, 3.63) is 47.3 Å². The second-order valence-corrected chi connectivity index (χ2v) is 3.05. The highest BCUT2D eigenvalue weighted by Gasteiger charge is 1.92. The van der Waals surface area contributed by atoms with Gasteiger partial charge in [0.1, 0.15) is 5.83 Å². The lowest BCUT2D eigenvalue weighted by atomic mass is 10.1. The van der Waals surface area contributed by atoms with Crippen LogP contribution in [0.25, 0.3) is 0 Å². The summed E-state index contributed by atoms with van der Waals surface area (Å²) >= 11 is 0. The molecular formula is C11H15ClFN. The maximum atomic E-state index is 12.7. The van der Waals surface area contributed by atoms with Crippen LogP contribution >= 0.6 is 12.4 Å². The molecule has 0 saturated heterocycles. The lowest BCUT2D eigenvalue weighted by molar-refractivity contribution is 0.614. The van der Waals surface area contributed by atoms with Crippen LogP contribution in [0.1, 0.15) is 11.1 Å². The van der Waals surface area contributed by atoms with Crippen molar-refractivity contribution in [2.45, 2.75) is 13.3 Å². The van der Waals surface area contributed by atoms with Crippen LogP contribution in [0, 0.1) is 6.92 Å². The molecule has 0 radical (unpaired) electrons. The molecule has 0 aliphatic rings. The first-order chi connectivity index (χ1) is 6.22. The SMILES string of the molecule is Cc1cccc(C/C=C(/F)CN)c1.Cl. The van der Waals surface area contributed by atoms with Crippen LogP contribution < -0.4 is 5.73 Å². The number of hydrogen-bond donors (Lipinski definition) is 1. The highest BCUT2D eigenvalue weighted by molar-refractivity contribution is 5.85. The maximum Gasteiger partial charge on any atom is 0.110 e. The van der Waals surface area contributed by atoms with Gasteiger partial charge in [-0.15, -0.1) is 12.4 Å². The standard InChI is InChI=1S/C11H14FN.ClH/c1-9-3-2-4-10(7-9)5-6-11(12)8-13;/h2-4,6-7H,5,8,13H2,1H3;1H/b11-6+;. The number of allylic oxidation sites excluding steroid dienone is 1. The largest absolute Gasteiger partial charge is 0.325 e. The third kappa shape index (κ3) is 4.40. The van der Waals surface area contributed by atoms with Gasteiger partial charge in [-0.05, 0) is 25.0 Å². The molecule has 0 spiro atoms. The summed E-state index contributed by atoms with van der Waals surface area (Å²) in [5.41, 5.74) is 7.43. The summed E-state index contributed by atoms with van der Waals surface area (Å²) in [6, 6.07) is 8.01. The number of nitrogens with two attached hydrogens (primary N) is 1. The average Bonchev–Trinajstić information content (AvgIpc) is 2.14. The fraction of sp³-hybridized carbons (Fsp3) is 0.273. The van der Waals surface area contributed by atoms with Crippen molar-refractivity contribution in [1.29, 1.82) is 0 Å². The molecule has 3 heteroatoms. The lowest BCUT2D eigenvalue weighted by Crippen LogP contribution is -1.99. The topological polar surface area (TPSA) is 26.0 Å². The molecule has 1 nitrogen and oxygen atoms in total. The molecule has 2 N–H and O–H groups in total. The Kier molecular flexibility index (Phi) is 6.17. The molecule has 1 aromatic carbocycles. The number of rotatable bonds is 3. The van der Waals surface area contributed by atoms with Crippen molar-refractivity contribution in [3.8, 4) is 0 Å². The lowest BCUT2D eigenvalue weighted by Gasteiger charge is -1.98. The first kappa shape index (κ1) is 13.1. The van der Waals surface area contributed by atoms with Gasteiger partial charge in [0, 0.05) is 6.54 Å². The van der Waals surface area contributed by atoms with Crippen LogP contribution in [0.15, 0.2) is 36.2 Å². The third-order valence-electron chi connectivity index (χ3n) is 1.84. The van der Waals surface area contributed by atoms with E-state index in [1.54, 1.807) is 0 Å². The molecule has 0 aliphatic heterocycles. The summed E-state index contributed by atoms with van der Waals surface area (Å²) in [5.74, 6) is -0.249. The van der Waals surface area contributed by atoms with Gasteiger partial charge in [0.2, 0.25) is 0 Å². The van der Waals surface area contributed by atoms with Gasteiger partial charge >= 0.3 is 0 Å². The van der Waals surface area contributed by atoms with Gasteiger partial charge in [-0.3, -0.25) is 0 Å². The predicted octanol–water partition coefficient (Wildman–Crippen LogP) is 2.77. The molecule has 0 aliphatic carbocycles. The minimum atomic E-state index is -0.249. The van der Waals surface area contributed by atoms with E-state index in [-0.39, 0.29) is 24.8 Å². The summed E-state index contributed by atoms with van der Waals surface area (Å²) in [6.07, 6.45) is 2.14. The molecule has 14 heavy (non-hydrogen) atoms. The first-order valence-electron chi connectivity index (χ1n) is 4.32. The molecular weight excluding hydrogens is 201 g/mol. The normalized spacial score (nSPS) is 10.9. The van der Waals surface area contributed by atoms with E-state index < -0.39 is 0 Å². The van der Waals surface area contributed by atoms with E-state index >= 15 is 0 Å². The Morgan fingerprint density at radius 3 is 2.79 bits per heavy atom. The van der Waals surface area contributed by atoms with Gasteiger partial charge in [0.25, 0.3) is 0 Å². The Bertz CT molecular complexity index is 310. The van der Waals surface area contributed by atoms with E-state index in [1.807, 2.05) is 31.2 Å². The number of aryl methyl sites for hydroxylation is 1. The van der Waals surface area contributed by atoms with Crippen molar-refractivity contribution in [2.75, 3.05) is 6.54 Å². The Morgan fingerprint density at radius 1 is 1.50 bits per heavy atom. The number of halogens is 2. The van der Waals surface area contributed by atoms with E-state index in [0.717, 1.165) is 5.56 Å². The summed E-state index contributed by atoms with van der Waals surface area (Å²) in [7, 11) is 0. The summed E-state index contributed by atoms with van der Waals surface area (Å²) < 4.78 is 12.7. The third-order valence-corrected chi connectivity index (χ3v) is 1.84. The van der Waals surface area contributed by atoms with Crippen LogP contribution in [0.2, 0.25) is 0 Å². The van der Waals surface area contributed by atoms with Crippen molar-refractivity contribution in [2.24, 2.45) is 5.73 Å². The maximum absolute atomic E-state index is 12.7. The molecule has 0 fully saturated rings. The molecule has 0 aromatic heterocycles. The van der Waals surface area contributed by atoms with Gasteiger partial charge in [-0.1, -0.05) is 29.8 Å². The van der Waals surface area contributed by atoms with Gasteiger partial charge in [0.05, 0.1) is 0 Å². The monoisotopic (exact) mass is 215 g/mol. The van der Waals surface area contributed by atoms with Gasteiger partial charge in [-0.25, -0.2) is 4.39 Å². The summed E-state index contributed by atoms with van der Waals surface area (Å²) in [5, 5.41) is 0. The summed E-state index contributed by atoms with van der Waals surface area (Å²) in [6.45, 7) is 2.01. The molecule has 0 heterocycles. The summed E-state index contributed by atoms with van der Waals surface area (Å²) in [4.78, 5) is 0. The molecule has 1 rings (SSSR count). The molecule has 0 unspecified atom stereocenters. The number of benzene rings is 1. The molecule has 0 saturated carbocycles. The van der Waals surface area contributed by atoms with Crippen molar-refractivity contribution in [1.82, 2.24) is 0 Å². The van der Waals surface area contributed by atoms with E-state index in [0.29, 0.717) is 6.42 Å². The van der Waals surface area contributed by atoms with Crippen LogP contribution in [-0.4, -0.2) is 6.54 Å². The van der Waals surface area contributed by atoms with Crippen molar-refractivity contribution >= 4 is 12.4 Å². The van der Waals surface area contributed by atoms with Gasteiger partial charge < -0.3 is 5.73 Å². The quantitative estimate of drug-likeness (QED) is 0.825. The van der Waals surface area contributed by atoms with Crippen LogP contribution in [0.4, 0.5) is 4.39 Å². The zero-order valence-corrected chi connectivity index (χ0v) is 8.98. The van der Waals surface area contributed by atoms with Gasteiger partial charge in [-0.2, -0.15) is 0 Å². The Labute approximate surface area is 90.2 Å². The molecule has 0 bridgehead atoms. The van der Waals surface area contributed by atoms with Crippen LogP contribution in [0.5, 0.6) is 0 Å². The Morgan fingerprint density at radius 2 is 2.21 bits per heavy atom. The fourth-order valence-corrected chi connectivity index (χ4v) is 1.15. The Hall–Kier alpha value is -0.860. The number of hydrogen-bond acceptors (Lipinski definition) is 1. The van der Waals surface area contributed by atoms with Crippen LogP contribution in [-0.2, 0) is 6.42 Å². The minimum absolute atomic E-state index is 0. The average molecular weight is 216 g/mol. The van der Waals surface area contributed by atoms with E-state index in [2.05, 4.69) is 0 Å². The fourth-order valence-electron chi connectivity index (χ4n) is 1.15. The Balaban J connectivity index is 0.00000169. The first-order valence-corrected chi connectivity index (χ1v) is 4.32. The zero-order chi connectivity index (χ0) is 9.68. The van der Waals surface area contributed by atoms with Crippen molar-refractivity contribution < 1.29 is 4.39 Å². The highest BCUT2D eigenvalue weighted by atomic mass is 35.5. The molecule has 0 atom stereocenters. The van der Waals surface area contributed by atoms with E-state index in [1.165, 1.54) is 11.6 Å². The molecule has 0 amide bonds. The van der Waals surface area contributed by atoms with E-state index in [4.69, 9.17) is 5.73 Å². The van der Waals surface area contributed by atoms with Crippen molar-refractivity contribution in [3.63, 3.8) is 0 Å². The smallest absolute Gasteiger partial charge is 0.110 e. The predicted molar refractivity (Wildman–Crippen MR) is 60.4 cm³/mol. The highest BCUT2D eigenvalue weighted by Crippen LogP contribution is 2.06. The van der Waals surface area contributed by atoms with E-state index in [9.17, 15) is 4.39 Å². The second-order valence-electron chi connectivity index (χ2n) is 3.05. The van der Waals surface area contributed by atoms with Crippen LogP contribution in [0.3, 0.4) is 0 Å². The second kappa shape index (κ2) is 6.57. The zero-order valence-electron chi connectivity index (χ0n) is 8.16. The van der Waals surface area contributed by atoms with Gasteiger partial charge in [0.15, 0.2) is 0 Å². The molecule has 78 valence electrons. The molecule has 1 aromatic rings.